The molecule has 0 spiro atoms. The van der Waals surface area contributed by atoms with E-state index in [1.54, 1.807) is 7.11 Å². The van der Waals surface area contributed by atoms with Crippen LogP contribution in [0.4, 0.5) is 0 Å². The summed E-state index contributed by atoms with van der Waals surface area (Å²) in [7, 11) is 1.60. The van der Waals surface area contributed by atoms with Gasteiger partial charge in [-0.3, -0.25) is 9.69 Å². The summed E-state index contributed by atoms with van der Waals surface area (Å²) in [6.45, 7) is 1.72. The fraction of sp³-hybridized carbons (Fsp3) is 0.500. The second-order valence-electron chi connectivity index (χ2n) is 3.33. The Bertz CT molecular complexity index is 343. The molecule has 4 nitrogen and oxygen atoms in total. The van der Waals surface area contributed by atoms with Crippen LogP contribution in [0, 0.1) is 0 Å². The molecule has 0 fully saturated rings. The van der Waals surface area contributed by atoms with Gasteiger partial charge in [-0.05, 0) is 6.07 Å². The first-order valence-corrected chi connectivity index (χ1v) is 6.03. The molecule has 6 heteroatoms. The summed E-state index contributed by atoms with van der Waals surface area (Å²) in [5.41, 5.74) is 0. The molecule has 90 valence electrons. The van der Waals surface area contributed by atoms with Gasteiger partial charge in [-0.2, -0.15) is 0 Å². The Morgan fingerprint density at radius 1 is 1.69 bits per heavy atom. The van der Waals surface area contributed by atoms with Gasteiger partial charge in [0, 0.05) is 30.5 Å². The maximum Gasteiger partial charge on any atom is 0.317 e. The molecular weight excluding hydrogens is 250 g/mol. The molecule has 1 aromatic rings. The van der Waals surface area contributed by atoms with Crippen molar-refractivity contribution >= 4 is 28.9 Å². The van der Waals surface area contributed by atoms with Gasteiger partial charge in [0.2, 0.25) is 0 Å². The molecule has 0 aliphatic rings. The van der Waals surface area contributed by atoms with Crippen molar-refractivity contribution in [1.82, 2.24) is 4.90 Å². The zero-order valence-corrected chi connectivity index (χ0v) is 10.6. The van der Waals surface area contributed by atoms with E-state index >= 15 is 0 Å². The second kappa shape index (κ2) is 6.85. The number of carbonyl (C=O) groups is 1. The summed E-state index contributed by atoms with van der Waals surface area (Å²) in [5.74, 6) is -0.834. The molecule has 0 amide bonds. The Morgan fingerprint density at radius 3 is 2.94 bits per heavy atom. The van der Waals surface area contributed by atoms with Crippen LogP contribution in [0.25, 0.3) is 0 Å². The van der Waals surface area contributed by atoms with E-state index in [-0.39, 0.29) is 6.54 Å². The minimum atomic E-state index is -0.834. The lowest BCUT2D eigenvalue weighted by Gasteiger charge is -2.18. The van der Waals surface area contributed by atoms with E-state index in [0.717, 1.165) is 4.88 Å². The van der Waals surface area contributed by atoms with Gasteiger partial charge < -0.3 is 9.84 Å². The van der Waals surface area contributed by atoms with Gasteiger partial charge in [0.25, 0.3) is 0 Å². The first kappa shape index (κ1) is 13.4. The van der Waals surface area contributed by atoms with Crippen LogP contribution in [0.3, 0.4) is 0 Å². The summed E-state index contributed by atoms with van der Waals surface area (Å²) >= 11 is 7.34. The molecule has 0 bridgehead atoms. The number of carboxylic acid groups (broad SMARTS) is 1. The van der Waals surface area contributed by atoms with Crippen molar-refractivity contribution in [2.24, 2.45) is 0 Å². The van der Waals surface area contributed by atoms with E-state index in [2.05, 4.69) is 0 Å². The lowest BCUT2D eigenvalue weighted by Crippen LogP contribution is -2.31. The van der Waals surface area contributed by atoms with Gasteiger partial charge >= 0.3 is 5.97 Å². The molecule has 16 heavy (non-hydrogen) atoms. The molecular formula is C10H14ClNO3S. The summed E-state index contributed by atoms with van der Waals surface area (Å²) in [5, 5.41) is 11.3. The number of rotatable bonds is 7. The number of carboxylic acids is 1. The van der Waals surface area contributed by atoms with Crippen molar-refractivity contribution in [3.8, 4) is 0 Å². The first-order valence-electron chi connectivity index (χ1n) is 4.78. The fourth-order valence-corrected chi connectivity index (χ4v) is 2.40. The van der Waals surface area contributed by atoms with Crippen molar-refractivity contribution in [3.63, 3.8) is 0 Å². The van der Waals surface area contributed by atoms with Gasteiger partial charge in [0.05, 0.1) is 18.2 Å². The lowest BCUT2D eigenvalue weighted by atomic mass is 10.4. The molecule has 0 aromatic carbocycles. The smallest absolute Gasteiger partial charge is 0.317 e. The molecule has 1 rings (SSSR count). The van der Waals surface area contributed by atoms with Crippen LogP contribution < -0.4 is 0 Å². The normalized spacial score (nSPS) is 10.9. The van der Waals surface area contributed by atoms with Crippen molar-refractivity contribution in [2.75, 3.05) is 26.8 Å². The number of halogens is 1. The molecule has 1 heterocycles. The monoisotopic (exact) mass is 263 g/mol. The van der Waals surface area contributed by atoms with Gasteiger partial charge in [0.1, 0.15) is 0 Å². The third-order valence-corrected chi connectivity index (χ3v) is 3.24. The van der Waals surface area contributed by atoms with E-state index in [9.17, 15) is 4.79 Å². The highest BCUT2D eigenvalue weighted by Gasteiger charge is 2.11. The Labute approximate surface area is 103 Å². The molecule has 0 aliphatic heterocycles. The standard InChI is InChI=1S/C10H14ClNO3S/c1-15-3-2-12(6-10(13)14)5-9-4-8(11)7-16-9/h4,7H,2-3,5-6H2,1H3,(H,13,14). The predicted octanol–water partition coefficient (Wildman–Crippen LogP) is 1.93. The summed E-state index contributed by atoms with van der Waals surface area (Å²) in [6, 6.07) is 1.86. The minimum absolute atomic E-state index is 0.0128. The lowest BCUT2D eigenvalue weighted by molar-refractivity contribution is -0.138. The molecule has 0 atom stereocenters. The average molecular weight is 264 g/mol. The highest BCUT2D eigenvalue weighted by atomic mass is 35.5. The van der Waals surface area contributed by atoms with E-state index in [1.807, 2.05) is 16.3 Å². The van der Waals surface area contributed by atoms with Crippen LogP contribution in [0.1, 0.15) is 4.88 Å². The maximum atomic E-state index is 10.7. The maximum absolute atomic E-state index is 10.7. The SMILES string of the molecule is COCCN(CC(=O)O)Cc1cc(Cl)cs1. The summed E-state index contributed by atoms with van der Waals surface area (Å²) in [6.07, 6.45) is 0. The van der Waals surface area contributed by atoms with E-state index in [1.165, 1.54) is 11.3 Å². The zero-order valence-electron chi connectivity index (χ0n) is 8.98. The van der Waals surface area contributed by atoms with Crippen molar-refractivity contribution in [3.05, 3.63) is 21.3 Å². The first-order chi connectivity index (χ1) is 7.61. The van der Waals surface area contributed by atoms with Crippen LogP contribution in [0.5, 0.6) is 0 Å². The van der Waals surface area contributed by atoms with Crippen LogP contribution in [-0.4, -0.2) is 42.8 Å². The molecule has 0 unspecified atom stereocenters. The third kappa shape index (κ3) is 4.94. The predicted molar refractivity (Wildman–Crippen MR) is 64.1 cm³/mol. The number of methoxy groups -OCH3 is 1. The molecule has 1 aromatic heterocycles. The minimum Gasteiger partial charge on any atom is -0.480 e. The third-order valence-electron chi connectivity index (χ3n) is 1.97. The largest absolute Gasteiger partial charge is 0.480 e. The van der Waals surface area contributed by atoms with Gasteiger partial charge in [-0.1, -0.05) is 11.6 Å². The zero-order chi connectivity index (χ0) is 12.0. The van der Waals surface area contributed by atoms with Crippen LogP contribution in [0.15, 0.2) is 11.4 Å². The Balaban J connectivity index is 2.51. The van der Waals surface area contributed by atoms with Crippen LogP contribution in [-0.2, 0) is 16.1 Å². The molecule has 0 saturated carbocycles. The topological polar surface area (TPSA) is 49.8 Å². The number of ether oxygens (including phenoxy) is 1. The average Bonchev–Trinajstić information content (AvgIpc) is 2.59. The van der Waals surface area contributed by atoms with E-state index in [4.69, 9.17) is 21.4 Å². The highest BCUT2D eigenvalue weighted by Crippen LogP contribution is 2.20. The molecule has 0 radical (unpaired) electrons. The second-order valence-corrected chi connectivity index (χ2v) is 4.76. The van der Waals surface area contributed by atoms with Crippen molar-refractivity contribution < 1.29 is 14.6 Å². The van der Waals surface area contributed by atoms with Crippen molar-refractivity contribution in [2.45, 2.75) is 6.54 Å². The number of hydrogen-bond donors (Lipinski definition) is 1. The van der Waals surface area contributed by atoms with E-state index < -0.39 is 5.97 Å². The Hall–Kier alpha value is -0.620. The van der Waals surface area contributed by atoms with Gasteiger partial charge in [-0.25, -0.2) is 0 Å². The van der Waals surface area contributed by atoms with Crippen LogP contribution >= 0.6 is 22.9 Å². The molecule has 1 N–H and O–H groups in total. The Morgan fingerprint density at radius 2 is 2.44 bits per heavy atom. The van der Waals surface area contributed by atoms with Gasteiger partial charge in [-0.15, -0.1) is 11.3 Å². The number of nitrogens with zero attached hydrogens (tertiary/aromatic N) is 1. The van der Waals surface area contributed by atoms with Crippen molar-refractivity contribution in [1.29, 1.82) is 0 Å². The fourth-order valence-electron chi connectivity index (χ4n) is 1.28. The van der Waals surface area contributed by atoms with E-state index in [0.29, 0.717) is 24.7 Å². The number of aliphatic carboxylic acids is 1. The molecule has 0 aliphatic carbocycles. The summed E-state index contributed by atoms with van der Waals surface area (Å²) < 4.78 is 4.94. The quantitative estimate of drug-likeness (QED) is 0.817. The summed E-state index contributed by atoms with van der Waals surface area (Å²) in [4.78, 5) is 13.5. The highest BCUT2D eigenvalue weighted by molar-refractivity contribution is 7.10. The number of thiophene rings is 1. The molecule has 0 saturated heterocycles. The Kier molecular flexibility index (Phi) is 5.76. The van der Waals surface area contributed by atoms with Crippen LogP contribution in [0.2, 0.25) is 5.02 Å². The van der Waals surface area contributed by atoms with Gasteiger partial charge in [0.15, 0.2) is 0 Å². The number of hydrogen-bond acceptors (Lipinski definition) is 4.